The zero-order chi connectivity index (χ0) is 12.7. The lowest BCUT2D eigenvalue weighted by Crippen LogP contribution is -2.16. The first-order valence-electron chi connectivity index (χ1n) is 6.29. The molecule has 0 fully saturated rings. The highest BCUT2D eigenvalue weighted by Crippen LogP contribution is 2.29. The first-order valence-corrected chi connectivity index (χ1v) is 6.29. The molecule has 0 aliphatic heterocycles. The Balaban J connectivity index is 2.50. The molecular formula is C14H23NO2. The van der Waals surface area contributed by atoms with Crippen LogP contribution in [0.5, 0.6) is 11.5 Å². The normalized spacial score (nSPS) is 10.8. The van der Waals surface area contributed by atoms with E-state index in [4.69, 9.17) is 4.74 Å². The smallest absolute Gasteiger partial charge is 0.162 e. The van der Waals surface area contributed by atoms with Crippen LogP contribution in [0.3, 0.4) is 0 Å². The minimum absolute atomic E-state index is 0.256. The number of phenolic OH excluding ortho intramolecular Hbond substituents is 1. The second-order valence-electron chi connectivity index (χ2n) is 4.56. The Labute approximate surface area is 104 Å². The molecule has 0 amide bonds. The van der Waals surface area contributed by atoms with Gasteiger partial charge in [-0.3, -0.25) is 0 Å². The van der Waals surface area contributed by atoms with Gasteiger partial charge < -0.3 is 15.2 Å². The van der Waals surface area contributed by atoms with E-state index in [-0.39, 0.29) is 5.75 Å². The van der Waals surface area contributed by atoms with Gasteiger partial charge in [0.1, 0.15) is 0 Å². The maximum absolute atomic E-state index is 9.96. The lowest BCUT2D eigenvalue weighted by atomic mass is 10.1. The van der Waals surface area contributed by atoms with E-state index in [0.29, 0.717) is 24.8 Å². The van der Waals surface area contributed by atoms with Crippen molar-refractivity contribution in [2.75, 3.05) is 13.2 Å². The van der Waals surface area contributed by atoms with Crippen LogP contribution < -0.4 is 10.1 Å². The highest BCUT2D eigenvalue weighted by molar-refractivity contribution is 5.45. The monoisotopic (exact) mass is 237 g/mol. The molecule has 1 rings (SSSR count). The summed E-state index contributed by atoms with van der Waals surface area (Å²) in [5, 5.41) is 13.3. The first kappa shape index (κ1) is 13.8. The molecule has 17 heavy (non-hydrogen) atoms. The number of aromatic hydroxyl groups is 1. The van der Waals surface area contributed by atoms with Gasteiger partial charge in [-0.05, 0) is 31.9 Å². The van der Waals surface area contributed by atoms with E-state index < -0.39 is 0 Å². The fourth-order valence-electron chi connectivity index (χ4n) is 1.60. The molecule has 0 saturated carbocycles. The molecule has 0 aliphatic carbocycles. The molecule has 0 aliphatic rings. The average Bonchev–Trinajstić information content (AvgIpc) is 2.29. The third-order valence-corrected chi connectivity index (χ3v) is 2.60. The summed E-state index contributed by atoms with van der Waals surface area (Å²) in [5.41, 5.74) is 0.889. The number of hydrogen-bond donors (Lipinski definition) is 2. The summed E-state index contributed by atoms with van der Waals surface area (Å²) < 4.78 is 5.34. The number of hydrogen-bond acceptors (Lipinski definition) is 3. The van der Waals surface area contributed by atoms with Crippen LogP contribution in [0.4, 0.5) is 0 Å². The Morgan fingerprint density at radius 3 is 2.76 bits per heavy atom. The molecule has 0 unspecified atom stereocenters. The Hall–Kier alpha value is -1.22. The molecule has 2 N–H and O–H groups in total. The Bertz CT molecular complexity index is 337. The zero-order valence-corrected chi connectivity index (χ0v) is 11.0. The van der Waals surface area contributed by atoms with E-state index in [1.54, 1.807) is 6.07 Å². The summed E-state index contributed by atoms with van der Waals surface area (Å²) >= 11 is 0. The highest BCUT2D eigenvalue weighted by Gasteiger charge is 2.07. The van der Waals surface area contributed by atoms with Crippen molar-refractivity contribution in [3.05, 3.63) is 23.8 Å². The molecule has 3 nitrogen and oxygen atoms in total. The van der Waals surface area contributed by atoms with Crippen LogP contribution >= 0.6 is 0 Å². The summed E-state index contributed by atoms with van der Waals surface area (Å²) in [6.45, 7) is 8.53. The van der Waals surface area contributed by atoms with Crippen molar-refractivity contribution in [3.63, 3.8) is 0 Å². The summed E-state index contributed by atoms with van der Waals surface area (Å²) in [7, 11) is 0. The van der Waals surface area contributed by atoms with E-state index in [2.05, 4.69) is 19.2 Å². The maximum Gasteiger partial charge on any atom is 0.162 e. The zero-order valence-electron chi connectivity index (χ0n) is 11.0. The molecule has 96 valence electrons. The van der Waals surface area contributed by atoms with Gasteiger partial charge >= 0.3 is 0 Å². The van der Waals surface area contributed by atoms with Crippen molar-refractivity contribution in [3.8, 4) is 11.5 Å². The third-order valence-electron chi connectivity index (χ3n) is 2.60. The predicted octanol–water partition coefficient (Wildman–Crippen LogP) is 2.93. The fraction of sp³-hybridized carbons (Fsp3) is 0.571. The van der Waals surface area contributed by atoms with Crippen LogP contribution in [-0.2, 0) is 6.54 Å². The van der Waals surface area contributed by atoms with E-state index >= 15 is 0 Å². The summed E-state index contributed by atoms with van der Waals surface area (Å²) in [6.07, 6.45) is 1.14. The van der Waals surface area contributed by atoms with E-state index in [9.17, 15) is 5.11 Å². The van der Waals surface area contributed by atoms with E-state index in [1.165, 1.54) is 0 Å². The molecule has 0 aromatic heterocycles. The largest absolute Gasteiger partial charge is 0.504 e. The van der Waals surface area contributed by atoms with Crippen molar-refractivity contribution < 1.29 is 9.84 Å². The Kier molecular flexibility index (Phi) is 5.84. The van der Waals surface area contributed by atoms with Gasteiger partial charge in [0.05, 0.1) is 6.61 Å². The highest BCUT2D eigenvalue weighted by atomic mass is 16.5. The van der Waals surface area contributed by atoms with Gasteiger partial charge in [-0.25, -0.2) is 0 Å². The number of rotatable bonds is 7. The fourth-order valence-corrected chi connectivity index (χ4v) is 1.60. The second kappa shape index (κ2) is 7.17. The van der Waals surface area contributed by atoms with Gasteiger partial charge in [-0.15, -0.1) is 0 Å². The molecular weight excluding hydrogens is 214 g/mol. The molecule has 0 radical (unpaired) electrons. The van der Waals surface area contributed by atoms with Crippen LogP contribution in [0.15, 0.2) is 18.2 Å². The molecule has 3 heteroatoms. The van der Waals surface area contributed by atoms with Crippen LogP contribution in [0, 0.1) is 5.92 Å². The summed E-state index contributed by atoms with van der Waals surface area (Å²) in [6, 6.07) is 5.61. The molecule has 0 atom stereocenters. The second-order valence-corrected chi connectivity index (χ2v) is 4.56. The van der Waals surface area contributed by atoms with E-state index in [1.807, 2.05) is 19.1 Å². The summed E-state index contributed by atoms with van der Waals surface area (Å²) in [4.78, 5) is 0. The summed E-state index contributed by atoms with van der Waals surface area (Å²) in [5.74, 6) is 1.52. The number of benzene rings is 1. The van der Waals surface area contributed by atoms with Crippen LogP contribution in [0.25, 0.3) is 0 Å². The lowest BCUT2D eigenvalue weighted by Gasteiger charge is -2.11. The Morgan fingerprint density at radius 1 is 1.35 bits per heavy atom. The van der Waals surface area contributed by atoms with Crippen molar-refractivity contribution in [1.82, 2.24) is 5.32 Å². The van der Waals surface area contributed by atoms with Crippen LogP contribution in [0.2, 0.25) is 0 Å². The van der Waals surface area contributed by atoms with Crippen LogP contribution in [0.1, 0.15) is 32.8 Å². The SMILES string of the molecule is CCOc1cccc(CNCCC(C)C)c1O. The van der Waals surface area contributed by atoms with Crippen molar-refractivity contribution in [2.24, 2.45) is 5.92 Å². The van der Waals surface area contributed by atoms with E-state index in [0.717, 1.165) is 18.5 Å². The molecule has 1 aromatic carbocycles. The molecule has 1 aromatic rings. The standard InChI is InChI=1S/C14H23NO2/c1-4-17-13-7-5-6-12(14(13)16)10-15-9-8-11(2)3/h5-7,11,15-16H,4,8-10H2,1-3H3. The number of nitrogens with one attached hydrogen (secondary N) is 1. The topological polar surface area (TPSA) is 41.5 Å². The van der Waals surface area contributed by atoms with Gasteiger partial charge in [0, 0.05) is 12.1 Å². The lowest BCUT2D eigenvalue weighted by molar-refractivity contribution is 0.316. The number of para-hydroxylation sites is 1. The van der Waals surface area contributed by atoms with Gasteiger partial charge in [0.15, 0.2) is 11.5 Å². The third kappa shape index (κ3) is 4.65. The Morgan fingerprint density at radius 2 is 2.12 bits per heavy atom. The van der Waals surface area contributed by atoms with Crippen LogP contribution in [-0.4, -0.2) is 18.3 Å². The molecule has 0 bridgehead atoms. The van der Waals surface area contributed by atoms with Gasteiger partial charge in [0.2, 0.25) is 0 Å². The minimum atomic E-state index is 0.256. The molecule has 0 heterocycles. The first-order chi connectivity index (χ1) is 8.15. The van der Waals surface area contributed by atoms with Gasteiger partial charge in [-0.1, -0.05) is 26.0 Å². The van der Waals surface area contributed by atoms with Gasteiger partial charge in [0.25, 0.3) is 0 Å². The predicted molar refractivity (Wildman–Crippen MR) is 70.4 cm³/mol. The minimum Gasteiger partial charge on any atom is -0.504 e. The quantitative estimate of drug-likeness (QED) is 0.716. The maximum atomic E-state index is 9.96. The van der Waals surface area contributed by atoms with Crippen molar-refractivity contribution in [1.29, 1.82) is 0 Å². The number of ether oxygens (including phenoxy) is 1. The molecule has 0 spiro atoms. The number of phenols is 1. The van der Waals surface area contributed by atoms with Crippen molar-refractivity contribution in [2.45, 2.75) is 33.7 Å². The van der Waals surface area contributed by atoms with Gasteiger partial charge in [-0.2, -0.15) is 0 Å². The average molecular weight is 237 g/mol. The van der Waals surface area contributed by atoms with Crippen molar-refractivity contribution >= 4 is 0 Å². The molecule has 0 saturated heterocycles.